The van der Waals surface area contributed by atoms with E-state index in [2.05, 4.69) is 243 Å². The second-order valence-corrected chi connectivity index (χ2v) is 17.3. The van der Waals surface area contributed by atoms with Crippen molar-refractivity contribution in [1.82, 2.24) is 0 Å². The third-order valence-electron chi connectivity index (χ3n) is 13.7. The van der Waals surface area contributed by atoms with Gasteiger partial charge in [-0.15, -0.1) is 0 Å². The van der Waals surface area contributed by atoms with Crippen LogP contribution in [-0.4, -0.2) is 0 Å². The maximum absolute atomic E-state index is 2.47. The molecule has 0 atom stereocenters. The second-order valence-electron chi connectivity index (χ2n) is 17.3. The van der Waals surface area contributed by atoms with Crippen molar-refractivity contribution in [2.75, 3.05) is 4.90 Å². The highest BCUT2D eigenvalue weighted by atomic mass is 15.1. The molecule has 1 nitrogen and oxygen atoms in total. The summed E-state index contributed by atoms with van der Waals surface area (Å²) in [6.07, 6.45) is 0. The summed E-state index contributed by atoms with van der Waals surface area (Å²) in [7, 11) is 0. The van der Waals surface area contributed by atoms with Gasteiger partial charge in [-0.3, -0.25) is 0 Å². The number of fused-ring (bicyclic) bond motifs is 8. The van der Waals surface area contributed by atoms with E-state index < -0.39 is 5.41 Å². The Labute approximate surface area is 357 Å². The maximum Gasteiger partial charge on any atom is 0.0714 e. The molecule has 0 fully saturated rings. The molecule has 0 N–H and O–H groups in total. The Kier molecular flexibility index (Phi) is 7.86. The first-order valence-electron chi connectivity index (χ1n) is 21.4. The lowest BCUT2D eigenvalue weighted by molar-refractivity contribution is 0.662. The molecule has 0 aromatic heterocycles. The normalized spacial score (nSPS) is 14.0. The van der Waals surface area contributed by atoms with Gasteiger partial charge in [0.2, 0.25) is 0 Å². The van der Waals surface area contributed by atoms with Crippen LogP contribution < -0.4 is 4.90 Å². The summed E-state index contributed by atoms with van der Waals surface area (Å²) in [6.45, 7) is 4.77. The van der Waals surface area contributed by atoms with E-state index in [9.17, 15) is 0 Å². The van der Waals surface area contributed by atoms with Crippen LogP contribution >= 0.6 is 0 Å². The fraction of sp³-hybridized carbons (Fsp3) is 0.0667. The highest BCUT2D eigenvalue weighted by Crippen LogP contribution is 2.58. The minimum Gasteiger partial charge on any atom is -0.310 e. The van der Waals surface area contributed by atoms with Crippen molar-refractivity contribution < 1.29 is 0 Å². The zero-order valence-corrected chi connectivity index (χ0v) is 34.3. The predicted molar refractivity (Wildman–Crippen MR) is 256 cm³/mol. The van der Waals surface area contributed by atoms with E-state index >= 15 is 0 Å². The first-order valence-corrected chi connectivity index (χ1v) is 21.4. The standard InChI is InChI=1S/C60H43N/c1-59(2)56-37-43-20-13-12-19-42(43)35-53(56)54-36-44-29-30-49(34-45(44)38-57(54)59)61(48-26-16-21-41(33-48)40-17-6-3-7-18-40)50-31-32-52-51-27-14-15-28-55(51)60(58(52)39-50,46-22-8-4-9-23-46)47-24-10-5-11-25-47/h3-39H,1-2H3. The molecular formula is C60H43N. The van der Waals surface area contributed by atoms with Crippen LogP contribution in [0.25, 0.3) is 54.9 Å². The number of benzene rings is 10. The quantitative estimate of drug-likeness (QED) is 0.163. The average molecular weight is 778 g/mol. The minimum atomic E-state index is -0.503. The molecule has 1 heteroatoms. The SMILES string of the molecule is CC1(C)c2cc3ccccc3cc2-c2cc3ccc(N(c4cccc(-c5ccccc5)c4)c4ccc5c(c4)C(c4ccccc4)(c4ccccc4)c4ccccc4-5)cc3cc21. The van der Waals surface area contributed by atoms with E-state index in [0.29, 0.717) is 0 Å². The number of anilines is 3. The van der Waals surface area contributed by atoms with Crippen molar-refractivity contribution in [2.24, 2.45) is 0 Å². The van der Waals surface area contributed by atoms with Crippen LogP contribution in [0.2, 0.25) is 0 Å². The summed E-state index contributed by atoms with van der Waals surface area (Å²) < 4.78 is 0. The third-order valence-corrected chi connectivity index (χ3v) is 13.7. The molecule has 0 heterocycles. The van der Waals surface area contributed by atoms with Crippen molar-refractivity contribution in [2.45, 2.75) is 24.7 Å². The van der Waals surface area contributed by atoms with Crippen LogP contribution in [0.15, 0.2) is 224 Å². The van der Waals surface area contributed by atoms with Crippen molar-refractivity contribution in [3.63, 3.8) is 0 Å². The highest BCUT2D eigenvalue weighted by Gasteiger charge is 2.46. The molecule has 61 heavy (non-hydrogen) atoms. The Hall–Kier alpha value is -7.48. The van der Waals surface area contributed by atoms with Gasteiger partial charge in [-0.2, -0.15) is 0 Å². The monoisotopic (exact) mass is 777 g/mol. The van der Waals surface area contributed by atoms with Crippen LogP contribution in [0, 0.1) is 0 Å². The topological polar surface area (TPSA) is 3.24 Å². The minimum absolute atomic E-state index is 0.129. The molecule has 12 rings (SSSR count). The Morgan fingerprint density at radius 2 is 0.803 bits per heavy atom. The molecular weight excluding hydrogens is 735 g/mol. The van der Waals surface area contributed by atoms with E-state index in [1.165, 1.54) is 88.3 Å². The summed E-state index contributed by atoms with van der Waals surface area (Å²) in [5, 5.41) is 5.06. The molecule has 0 aliphatic heterocycles. The van der Waals surface area contributed by atoms with E-state index in [4.69, 9.17) is 0 Å². The van der Waals surface area contributed by atoms with Gasteiger partial charge in [0.25, 0.3) is 0 Å². The third kappa shape index (κ3) is 5.33. The zero-order valence-electron chi connectivity index (χ0n) is 34.3. The predicted octanol–water partition coefficient (Wildman–Crippen LogP) is 15.8. The fourth-order valence-electron chi connectivity index (χ4n) is 10.8. The molecule has 0 saturated heterocycles. The lowest BCUT2D eigenvalue weighted by atomic mass is 9.67. The average Bonchev–Trinajstić information content (AvgIpc) is 3.73. The van der Waals surface area contributed by atoms with Crippen molar-refractivity contribution in [3.05, 3.63) is 258 Å². The highest BCUT2D eigenvalue weighted by molar-refractivity contribution is 6.00. The molecule has 0 spiro atoms. The summed E-state index contributed by atoms with van der Waals surface area (Å²) in [5.41, 5.74) is 18.3. The Bertz CT molecular complexity index is 3290. The number of rotatable bonds is 6. The van der Waals surface area contributed by atoms with Crippen LogP contribution in [0.4, 0.5) is 17.1 Å². The first kappa shape index (κ1) is 35.5. The van der Waals surface area contributed by atoms with Gasteiger partial charge in [-0.1, -0.05) is 178 Å². The Balaban J connectivity index is 1.08. The van der Waals surface area contributed by atoms with Crippen LogP contribution in [0.3, 0.4) is 0 Å². The molecule has 10 aromatic rings. The fourth-order valence-corrected chi connectivity index (χ4v) is 10.8. The lowest BCUT2D eigenvalue weighted by Gasteiger charge is -2.35. The van der Waals surface area contributed by atoms with Crippen LogP contribution in [0.1, 0.15) is 47.2 Å². The maximum atomic E-state index is 2.47. The van der Waals surface area contributed by atoms with Gasteiger partial charge in [0.1, 0.15) is 0 Å². The number of nitrogens with zero attached hydrogens (tertiary/aromatic N) is 1. The van der Waals surface area contributed by atoms with Crippen LogP contribution in [-0.2, 0) is 10.8 Å². The van der Waals surface area contributed by atoms with Gasteiger partial charge in [0.15, 0.2) is 0 Å². The van der Waals surface area contributed by atoms with Gasteiger partial charge in [-0.25, -0.2) is 0 Å². The molecule has 2 aliphatic carbocycles. The van der Waals surface area contributed by atoms with Gasteiger partial charge < -0.3 is 4.90 Å². The van der Waals surface area contributed by atoms with E-state index in [-0.39, 0.29) is 5.41 Å². The molecule has 0 amide bonds. The summed E-state index contributed by atoms with van der Waals surface area (Å²) in [5.74, 6) is 0. The summed E-state index contributed by atoms with van der Waals surface area (Å²) >= 11 is 0. The molecule has 0 radical (unpaired) electrons. The first-order chi connectivity index (χ1) is 30.0. The van der Waals surface area contributed by atoms with Gasteiger partial charge in [-0.05, 0) is 149 Å². The summed E-state index contributed by atoms with van der Waals surface area (Å²) in [4.78, 5) is 2.47. The van der Waals surface area contributed by atoms with Crippen molar-refractivity contribution in [3.8, 4) is 33.4 Å². The van der Waals surface area contributed by atoms with Crippen molar-refractivity contribution >= 4 is 38.6 Å². The zero-order chi connectivity index (χ0) is 40.7. The largest absolute Gasteiger partial charge is 0.310 e. The smallest absolute Gasteiger partial charge is 0.0714 e. The lowest BCUT2D eigenvalue weighted by Crippen LogP contribution is -2.28. The van der Waals surface area contributed by atoms with Crippen LogP contribution in [0.5, 0.6) is 0 Å². The van der Waals surface area contributed by atoms with E-state index in [0.717, 1.165) is 17.1 Å². The van der Waals surface area contributed by atoms with Gasteiger partial charge in [0.05, 0.1) is 5.41 Å². The molecule has 10 aromatic carbocycles. The molecule has 2 aliphatic rings. The molecule has 288 valence electrons. The molecule has 0 saturated carbocycles. The molecule has 0 unspecified atom stereocenters. The van der Waals surface area contributed by atoms with Gasteiger partial charge in [0, 0.05) is 22.5 Å². The van der Waals surface area contributed by atoms with Gasteiger partial charge >= 0.3 is 0 Å². The van der Waals surface area contributed by atoms with E-state index in [1.807, 2.05) is 0 Å². The summed E-state index contributed by atoms with van der Waals surface area (Å²) in [6, 6.07) is 83.6. The van der Waals surface area contributed by atoms with E-state index in [1.54, 1.807) is 0 Å². The second kappa shape index (κ2) is 13.5. The van der Waals surface area contributed by atoms with Crippen molar-refractivity contribution in [1.29, 1.82) is 0 Å². The molecule has 0 bridgehead atoms. The Morgan fingerprint density at radius 3 is 1.51 bits per heavy atom. The Morgan fingerprint density at radius 1 is 0.295 bits per heavy atom. The number of hydrogen-bond acceptors (Lipinski definition) is 1. The number of hydrogen-bond donors (Lipinski definition) is 0.